The summed E-state index contributed by atoms with van der Waals surface area (Å²) in [4.78, 5) is 14.3. The summed E-state index contributed by atoms with van der Waals surface area (Å²) in [5, 5.41) is 2.97. The van der Waals surface area contributed by atoms with E-state index in [1.807, 2.05) is 18.2 Å². The van der Waals surface area contributed by atoms with Crippen LogP contribution in [-0.4, -0.2) is 25.5 Å². The average Bonchev–Trinajstić information content (AvgIpc) is 2.49. The van der Waals surface area contributed by atoms with Crippen LogP contribution in [0, 0.1) is 5.92 Å². The maximum Gasteiger partial charge on any atom is 0.253 e. The Morgan fingerprint density at radius 2 is 2.11 bits per heavy atom. The topological polar surface area (TPSA) is 32.3 Å². The first-order valence-electron chi connectivity index (χ1n) is 6.97. The number of rotatable bonds is 3. The molecule has 96 valence electrons. The number of hydrogen-bond donors (Lipinski definition) is 1. The largest absolute Gasteiger partial charge is 0.369 e. The summed E-state index contributed by atoms with van der Waals surface area (Å²) in [5.74, 6) is 0.987. The third-order valence-electron chi connectivity index (χ3n) is 4.19. The van der Waals surface area contributed by atoms with Gasteiger partial charge in [0.1, 0.15) is 0 Å². The van der Waals surface area contributed by atoms with E-state index in [-0.39, 0.29) is 5.91 Å². The molecule has 3 rings (SSSR count). The molecule has 2 aliphatic rings. The van der Waals surface area contributed by atoms with Crippen LogP contribution in [0.5, 0.6) is 0 Å². The number of amides is 1. The van der Waals surface area contributed by atoms with Crippen molar-refractivity contribution in [2.75, 3.05) is 24.5 Å². The highest BCUT2D eigenvalue weighted by Crippen LogP contribution is 2.30. The van der Waals surface area contributed by atoms with Crippen molar-refractivity contribution in [1.82, 2.24) is 5.32 Å². The summed E-state index contributed by atoms with van der Waals surface area (Å²) < 4.78 is 0. The van der Waals surface area contributed by atoms with Crippen molar-refractivity contribution in [2.45, 2.75) is 25.7 Å². The second kappa shape index (κ2) is 5.01. The fourth-order valence-corrected chi connectivity index (χ4v) is 2.81. The van der Waals surface area contributed by atoms with Crippen molar-refractivity contribution < 1.29 is 4.79 Å². The van der Waals surface area contributed by atoms with Gasteiger partial charge < -0.3 is 10.2 Å². The van der Waals surface area contributed by atoms with E-state index in [4.69, 9.17) is 0 Å². The van der Waals surface area contributed by atoms with Gasteiger partial charge in [0.15, 0.2) is 0 Å². The molecule has 1 aliphatic carbocycles. The first-order valence-corrected chi connectivity index (χ1v) is 6.97. The van der Waals surface area contributed by atoms with Crippen LogP contribution in [-0.2, 0) is 0 Å². The predicted molar refractivity (Wildman–Crippen MR) is 72.9 cm³/mol. The van der Waals surface area contributed by atoms with Crippen LogP contribution < -0.4 is 10.2 Å². The van der Waals surface area contributed by atoms with Gasteiger partial charge in [-0.1, -0.05) is 31.4 Å². The number of hydrogen-bond acceptors (Lipinski definition) is 2. The summed E-state index contributed by atoms with van der Waals surface area (Å²) in [7, 11) is 0. The van der Waals surface area contributed by atoms with Gasteiger partial charge in [-0.25, -0.2) is 0 Å². The zero-order valence-electron chi connectivity index (χ0n) is 10.7. The maximum absolute atomic E-state index is 11.9. The van der Waals surface area contributed by atoms with Crippen LogP contribution in [0.4, 0.5) is 5.69 Å². The van der Waals surface area contributed by atoms with Gasteiger partial charge in [-0.3, -0.25) is 4.79 Å². The Balaban J connectivity index is 1.76. The number of fused-ring (bicyclic) bond motifs is 1. The molecule has 0 atom stereocenters. The fourth-order valence-electron chi connectivity index (χ4n) is 2.81. The van der Waals surface area contributed by atoms with E-state index in [2.05, 4.69) is 16.3 Å². The lowest BCUT2D eigenvalue weighted by Crippen LogP contribution is -2.32. The number of nitrogens with zero attached hydrogens (tertiary/aromatic N) is 1. The molecule has 1 amide bonds. The van der Waals surface area contributed by atoms with Crippen molar-refractivity contribution >= 4 is 11.6 Å². The molecule has 18 heavy (non-hydrogen) atoms. The number of anilines is 1. The Hall–Kier alpha value is -1.51. The molecule has 3 heteroatoms. The highest BCUT2D eigenvalue weighted by Gasteiger charge is 2.22. The van der Waals surface area contributed by atoms with Gasteiger partial charge in [0, 0.05) is 25.3 Å². The molecule has 1 aromatic rings. The van der Waals surface area contributed by atoms with Gasteiger partial charge in [0.05, 0.1) is 5.56 Å². The normalized spacial score (nSPS) is 19.8. The van der Waals surface area contributed by atoms with Gasteiger partial charge >= 0.3 is 0 Å². The molecule has 0 unspecified atom stereocenters. The molecule has 1 fully saturated rings. The first kappa shape index (κ1) is 11.6. The Kier molecular flexibility index (Phi) is 3.22. The van der Waals surface area contributed by atoms with E-state index in [1.54, 1.807) is 0 Å². The van der Waals surface area contributed by atoms with E-state index < -0.39 is 0 Å². The Labute approximate surface area is 108 Å². The number of nitrogens with one attached hydrogen (secondary N) is 1. The van der Waals surface area contributed by atoms with Crippen molar-refractivity contribution in [3.63, 3.8) is 0 Å². The van der Waals surface area contributed by atoms with E-state index in [1.165, 1.54) is 25.7 Å². The molecule has 0 radical (unpaired) electrons. The number of benzene rings is 1. The Morgan fingerprint density at radius 1 is 1.28 bits per heavy atom. The monoisotopic (exact) mass is 244 g/mol. The lowest BCUT2D eigenvalue weighted by Gasteiger charge is -2.30. The number of para-hydroxylation sites is 1. The molecule has 1 saturated carbocycles. The minimum atomic E-state index is 0.0664. The predicted octanol–water partition coefficient (Wildman–Crippen LogP) is 2.43. The lowest BCUT2D eigenvalue weighted by atomic mass is 9.83. The van der Waals surface area contributed by atoms with E-state index in [9.17, 15) is 4.79 Å². The van der Waals surface area contributed by atoms with Gasteiger partial charge in [0.25, 0.3) is 5.91 Å². The summed E-state index contributed by atoms with van der Waals surface area (Å²) >= 11 is 0. The molecular formula is C15H20N2O. The van der Waals surface area contributed by atoms with Gasteiger partial charge in [-0.05, 0) is 24.5 Å². The Bertz CT molecular complexity index is 440. The molecule has 0 bridgehead atoms. The van der Waals surface area contributed by atoms with Gasteiger partial charge in [-0.2, -0.15) is 0 Å². The minimum Gasteiger partial charge on any atom is -0.369 e. The van der Waals surface area contributed by atoms with E-state index in [0.717, 1.165) is 36.8 Å². The molecule has 1 N–H and O–H groups in total. The molecule has 1 aliphatic heterocycles. The fraction of sp³-hybridized carbons (Fsp3) is 0.533. The SMILES string of the molecule is O=C1NCCN(CCC2CCC2)c2ccccc21. The molecule has 1 heterocycles. The molecule has 0 spiro atoms. The van der Waals surface area contributed by atoms with Crippen molar-refractivity contribution in [2.24, 2.45) is 5.92 Å². The summed E-state index contributed by atoms with van der Waals surface area (Å²) in [6.07, 6.45) is 5.46. The highest BCUT2D eigenvalue weighted by molar-refractivity contribution is 6.00. The quantitative estimate of drug-likeness (QED) is 0.885. The molecule has 0 aromatic heterocycles. The van der Waals surface area contributed by atoms with Crippen molar-refractivity contribution in [1.29, 1.82) is 0 Å². The smallest absolute Gasteiger partial charge is 0.253 e. The van der Waals surface area contributed by atoms with Crippen LogP contribution in [0.2, 0.25) is 0 Å². The molecule has 3 nitrogen and oxygen atoms in total. The zero-order valence-corrected chi connectivity index (χ0v) is 10.7. The van der Waals surface area contributed by atoms with Crippen LogP contribution in [0.15, 0.2) is 24.3 Å². The first-order chi connectivity index (χ1) is 8.84. The minimum absolute atomic E-state index is 0.0664. The van der Waals surface area contributed by atoms with Crippen LogP contribution in [0.3, 0.4) is 0 Å². The third kappa shape index (κ3) is 2.22. The van der Waals surface area contributed by atoms with Crippen LogP contribution >= 0.6 is 0 Å². The molecule has 1 aromatic carbocycles. The molecule has 0 saturated heterocycles. The third-order valence-corrected chi connectivity index (χ3v) is 4.19. The lowest BCUT2D eigenvalue weighted by molar-refractivity contribution is 0.0958. The Morgan fingerprint density at radius 3 is 2.89 bits per heavy atom. The van der Waals surface area contributed by atoms with Crippen LogP contribution in [0.25, 0.3) is 0 Å². The van der Waals surface area contributed by atoms with Crippen LogP contribution in [0.1, 0.15) is 36.0 Å². The number of carbonyl (C=O) groups is 1. The molecular weight excluding hydrogens is 224 g/mol. The summed E-state index contributed by atoms with van der Waals surface area (Å²) in [6, 6.07) is 7.95. The summed E-state index contributed by atoms with van der Waals surface area (Å²) in [6.45, 7) is 2.75. The van der Waals surface area contributed by atoms with Gasteiger partial charge in [-0.15, -0.1) is 0 Å². The average molecular weight is 244 g/mol. The van der Waals surface area contributed by atoms with Crippen molar-refractivity contribution in [3.05, 3.63) is 29.8 Å². The van der Waals surface area contributed by atoms with Gasteiger partial charge in [0.2, 0.25) is 0 Å². The standard InChI is InChI=1S/C15H20N2O/c18-15-13-6-1-2-7-14(13)17(11-9-16-15)10-8-12-4-3-5-12/h1-2,6-7,12H,3-5,8-11H2,(H,16,18). The van der Waals surface area contributed by atoms with Crippen molar-refractivity contribution in [3.8, 4) is 0 Å². The summed E-state index contributed by atoms with van der Waals surface area (Å²) in [5.41, 5.74) is 1.93. The maximum atomic E-state index is 11.9. The van der Waals surface area contributed by atoms with E-state index in [0.29, 0.717) is 0 Å². The second-order valence-electron chi connectivity index (χ2n) is 5.35. The highest BCUT2D eigenvalue weighted by atomic mass is 16.1. The van der Waals surface area contributed by atoms with E-state index >= 15 is 0 Å². The number of carbonyl (C=O) groups excluding carboxylic acids is 1. The zero-order chi connectivity index (χ0) is 12.4. The second-order valence-corrected chi connectivity index (χ2v) is 5.35.